The predicted octanol–water partition coefficient (Wildman–Crippen LogP) is 4.41. The number of amides is 1. The van der Waals surface area contributed by atoms with Crippen molar-refractivity contribution in [3.63, 3.8) is 0 Å². The summed E-state index contributed by atoms with van der Waals surface area (Å²) in [5, 5.41) is 3.05. The number of hydrogen-bond donors (Lipinski definition) is 1. The van der Waals surface area contributed by atoms with Crippen molar-refractivity contribution in [2.45, 2.75) is 51.4 Å². The molecule has 0 saturated heterocycles. The molecule has 1 N–H and O–H groups in total. The molecule has 0 spiro atoms. The summed E-state index contributed by atoms with van der Waals surface area (Å²) in [5.74, 6) is 0.676. The maximum absolute atomic E-state index is 13.9. The number of rotatable bonds is 6. The lowest BCUT2D eigenvalue weighted by Crippen LogP contribution is -2.45. The Kier molecular flexibility index (Phi) is 5.77. The van der Waals surface area contributed by atoms with Crippen LogP contribution >= 0.6 is 0 Å². The number of carbonyl (C=O) groups is 1. The van der Waals surface area contributed by atoms with Crippen molar-refractivity contribution in [2.75, 3.05) is 7.11 Å². The molecule has 0 aromatic heterocycles. The summed E-state index contributed by atoms with van der Waals surface area (Å²) in [7, 11) is 1.60. The molecule has 1 heterocycles. The Balaban J connectivity index is 1.79. The second kappa shape index (κ2) is 8.09. The van der Waals surface area contributed by atoms with Crippen LogP contribution in [0.5, 0.6) is 17.2 Å². The minimum Gasteiger partial charge on any atom is -0.497 e. The highest BCUT2D eigenvalue weighted by molar-refractivity contribution is 5.81. The third-order valence-electron chi connectivity index (χ3n) is 4.76. The number of fused-ring (bicyclic) bond motifs is 1. The van der Waals surface area contributed by atoms with E-state index in [0.29, 0.717) is 24.3 Å². The lowest BCUT2D eigenvalue weighted by Gasteiger charge is -2.38. The number of halogens is 1. The van der Waals surface area contributed by atoms with Gasteiger partial charge in [-0.2, -0.15) is 0 Å². The van der Waals surface area contributed by atoms with Crippen LogP contribution in [0, 0.1) is 5.82 Å². The van der Waals surface area contributed by atoms with E-state index in [-0.39, 0.29) is 17.7 Å². The normalized spacial score (nSPS) is 18.4. The minimum absolute atomic E-state index is 0.0712. The second-order valence-corrected chi connectivity index (χ2v) is 7.48. The van der Waals surface area contributed by atoms with E-state index in [0.717, 1.165) is 5.56 Å². The van der Waals surface area contributed by atoms with Gasteiger partial charge in [-0.05, 0) is 44.5 Å². The van der Waals surface area contributed by atoms with Crippen LogP contribution in [0.2, 0.25) is 0 Å². The quantitative estimate of drug-likeness (QED) is 0.798. The van der Waals surface area contributed by atoms with Gasteiger partial charge in [0, 0.05) is 18.1 Å². The van der Waals surface area contributed by atoms with Gasteiger partial charge in [0.05, 0.1) is 13.2 Å². The van der Waals surface area contributed by atoms with Crippen LogP contribution in [0.4, 0.5) is 4.39 Å². The molecular formula is C22H26FNO4. The van der Waals surface area contributed by atoms with E-state index in [9.17, 15) is 9.18 Å². The van der Waals surface area contributed by atoms with Crippen molar-refractivity contribution < 1.29 is 23.4 Å². The Morgan fingerprint density at radius 1 is 1.32 bits per heavy atom. The van der Waals surface area contributed by atoms with E-state index >= 15 is 0 Å². The molecule has 6 heteroatoms. The van der Waals surface area contributed by atoms with Crippen LogP contribution in [0.25, 0.3) is 0 Å². The number of nitrogens with one attached hydrogen (secondary N) is 1. The largest absolute Gasteiger partial charge is 0.497 e. The Morgan fingerprint density at radius 3 is 2.75 bits per heavy atom. The average molecular weight is 387 g/mol. The van der Waals surface area contributed by atoms with Crippen LogP contribution in [0.15, 0.2) is 42.5 Å². The molecule has 0 saturated carbocycles. The first-order valence-electron chi connectivity index (χ1n) is 9.41. The monoisotopic (exact) mass is 387 g/mol. The number of methoxy groups -OCH3 is 1. The fourth-order valence-electron chi connectivity index (χ4n) is 3.37. The van der Waals surface area contributed by atoms with Gasteiger partial charge in [-0.3, -0.25) is 4.79 Å². The molecule has 1 aliphatic heterocycles. The predicted molar refractivity (Wildman–Crippen MR) is 104 cm³/mol. The molecule has 150 valence electrons. The number of hydrogen-bond acceptors (Lipinski definition) is 4. The van der Waals surface area contributed by atoms with Crippen molar-refractivity contribution in [1.29, 1.82) is 0 Å². The Bertz CT molecular complexity index is 852. The summed E-state index contributed by atoms with van der Waals surface area (Å²) in [6, 6.07) is 11.4. The number of ether oxygens (including phenoxy) is 3. The summed E-state index contributed by atoms with van der Waals surface area (Å²) in [6.45, 7) is 5.78. The lowest BCUT2D eigenvalue weighted by atomic mass is 9.89. The van der Waals surface area contributed by atoms with Crippen molar-refractivity contribution >= 4 is 5.91 Å². The van der Waals surface area contributed by atoms with Gasteiger partial charge in [-0.25, -0.2) is 4.39 Å². The smallest absolute Gasteiger partial charge is 0.261 e. The molecule has 0 unspecified atom stereocenters. The molecule has 2 atom stereocenters. The van der Waals surface area contributed by atoms with Crippen molar-refractivity contribution in [1.82, 2.24) is 5.32 Å². The molecule has 3 rings (SSSR count). The third kappa shape index (κ3) is 4.38. The molecule has 1 amide bonds. The van der Waals surface area contributed by atoms with Gasteiger partial charge < -0.3 is 19.5 Å². The van der Waals surface area contributed by atoms with E-state index in [2.05, 4.69) is 5.32 Å². The molecule has 0 fully saturated rings. The zero-order valence-corrected chi connectivity index (χ0v) is 16.6. The van der Waals surface area contributed by atoms with E-state index in [1.807, 2.05) is 39.0 Å². The molecular weight excluding hydrogens is 361 g/mol. The SMILES string of the molecule is CC[C@@H](Oc1ccccc1F)C(=O)N[C@@H]1CC(C)(C)Oc2cc(OC)ccc21. The van der Waals surface area contributed by atoms with Crippen molar-refractivity contribution in [3.8, 4) is 17.2 Å². The number of para-hydroxylation sites is 1. The van der Waals surface area contributed by atoms with Gasteiger partial charge in [0.2, 0.25) is 0 Å². The fraction of sp³-hybridized carbons (Fsp3) is 0.409. The number of benzene rings is 2. The second-order valence-electron chi connectivity index (χ2n) is 7.48. The number of carbonyl (C=O) groups excluding carboxylic acids is 1. The van der Waals surface area contributed by atoms with Gasteiger partial charge >= 0.3 is 0 Å². The maximum Gasteiger partial charge on any atom is 0.261 e. The molecule has 1 aliphatic rings. The van der Waals surface area contributed by atoms with Gasteiger partial charge in [0.15, 0.2) is 17.7 Å². The highest BCUT2D eigenvalue weighted by Gasteiger charge is 2.36. The minimum atomic E-state index is -0.787. The fourth-order valence-corrected chi connectivity index (χ4v) is 3.37. The van der Waals surface area contributed by atoms with E-state index in [4.69, 9.17) is 14.2 Å². The molecule has 28 heavy (non-hydrogen) atoms. The van der Waals surface area contributed by atoms with Gasteiger partial charge in [0.1, 0.15) is 17.1 Å². The Labute approximate surface area is 164 Å². The highest BCUT2D eigenvalue weighted by atomic mass is 19.1. The molecule has 0 aliphatic carbocycles. The molecule has 0 bridgehead atoms. The van der Waals surface area contributed by atoms with Gasteiger partial charge in [-0.15, -0.1) is 0 Å². The van der Waals surface area contributed by atoms with Crippen LogP contribution in [0.1, 0.15) is 45.2 Å². The van der Waals surface area contributed by atoms with Crippen molar-refractivity contribution in [2.24, 2.45) is 0 Å². The summed E-state index contributed by atoms with van der Waals surface area (Å²) >= 11 is 0. The standard InChI is InChI=1S/C22H26FNO4/c1-5-18(27-19-9-7-6-8-16(19)23)21(25)24-17-13-22(2,3)28-20-12-14(26-4)10-11-15(17)20/h6-12,17-18H,5,13H2,1-4H3,(H,24,25)/t17-,18-/m1/s1. The summed E-state index contributed by atoms with van der Waals surface area (Å²) < 4.78 is 30.9. The van der Waals surface area contributed by atoms with E-state index in [1.165, 1.54) is 12.1 Å². The van der Waals surface area contributed by atoms with Crippen LogP contribution in [-0.2, 0) is 4.79 Å². The highest BCUT2D eigenvalue weighted by Crippen LogP contribution is 2.41. The molecule has 0 radical (unpaired) electrons. The maximum atomic E-state index is 13.9. The van der Waals surface area contributed by atoms with E-state index in [1.54, 1.807) is 19.2 Å². The van der Waals surface area contributed by atoms with Crippen LogP contribution < -0.4 is 19.5 Å². The average Bonchev–Trinajstić information content (AvgIpc) is 2.65. The summed E-state index contributed by atoms with van der Waals surface area (Å²) in [4.78, 5) is 12.9. The third-order valence-corrected chi connectivity index (χ3v) is 4.76. The topological polar surface area (TPSA) is 56.8 Å². The Morgan fingerprint density at radius 2 is 2.07 bits per heavy atom. The van der Waals surface area contributed by atoms with Gasteiger partial charge in [0.25, 0.3) is 5.91 Å². The van der Waals surface area contributed by atoms with Gasteiger partial charge in [-0.1, -0.05) is 19.1 Å². The summed E-state index contributed by atoms with van der Waals surface area (Å²) in [5.41, 5.74) is 0.431. The first-order valence-corrected chi connectivity index (χ1v) is 9.41. The lowest BCUT2D eigenvalue weighted by molar-refractivity contribution is -0.129. The summed E-state index contributed by atoms with van der Waals surface area (Å²) in [6.07, 6.45) is 0.237. The first kappa shape index (κ1) is 20.0. The Hall–Kier alpha value is -2.76. The van der Waals surface area contributed by atoms with Crippen LogP contribution in [0.3, 0.4) is 0 Å². The van der Waals surface area contributed by atoms with E-state index < -0.39 is 17.5 Å². The first-order chi connectivity index (χ1) is 13.3. The molecule has 5 nitrogen and oxygen atoms in total. The molecule has 2 aromatic rings. The zero-order chi connectivity index (χ0) is 20.3. The van der Waals surface area contributed by atoms with Crippen molar-refractivity contribution in [3.05, 3.63) is 53.8 Å². The van der Waals surface area contributed by atoms with Crippen LogP contribution in [-0.4, -0.2) is 24.7 Å². The zero-order valence-electron chi connectivity index (χ0n) is 16.6. The molecule has 2 aromatic carbocycles.